The highest BCUT2D eigenvalue weighted by Crippen LogP contribution is 2.22. The summed E-state index contributed by atoms with van der Waals surface area (Å²) < 4.78 is 14.3. The van der Waals surface area contributed by atoms with Crippen molar-refractivity contribution in [3.8, 4) is 11.1 Å². The topological polar surface area (TPSA) is 32.9 Å². The van der Waals surface area contributed by atoms with Crippen LogP contribution >= 0.6 is 0 Å². The van der Waals surface area contributed by atoms with Crippen LogP contribution < -0.4 is 5.56 Å². The van der Waals surface area contributed by atoms with Gasteiger partial charge in [-0.25, -0.2) is 4.39 Å². The van der Waals surface area contributed by atoms with E-state index in [-0.39, 0.29) is 11.4 Å². The lowest BCUT2D eigenvalue weighted by atomic mass is 10.0. The molecule has 1 N–H and O–H groups in total. The normalized spacial score (nSPS) is 10.9. The minimum Gasteiger partial charge on any atom is -0.328 e. The summed E-state index contributed by atoms with van der Waals surface area (Å²) in [4.78, 5) is 13.7. The van der Waals surface area contributed by atoms with Gasteiger partial charge in [0.2, 0.25) is 5.56 Å². The van der Waals surface area contributed by atoms with Crippen LogP contribution in [0.1, 0.15) is 63.9 Å². The maximum absolute atomic E-state index is 14.3. The van der Waals surface area contributed by atoms with Crippen LogP contribution in [-0.4, -0.2) is 4.98 Å². The molecule has 1 aromatic carbocycles. The molecule has 2 nitrogen and oxygen atoms in total. The predicted octanol–water partition coefficient (Wildman–Crippen LogP) is 5.86. The molecule has 2 rings (SSSR count). The lowest BCUT2D eigenvalue weighted by molar-refractivity contribution is 0.564. The van der Waals surface area contributed by atoms with Gasteiger partial charge in [0.25, 0.3) is 0 Å². The van der Waals surface area contributed by atoms with Crippen LogP contribution in [-0.2, 0) is 6.42 Å². The minimum absolute atomic E-state index is 0.148. The van der Waals surface area contributed by atoms with E-state index in [9.17, 15) is 9.18 Å². The number of aromatic amines is 1. The van der Waals surface area contributed by atoms with Gasteiger partial charge in [0, 0.05) is 12.3 Å². The largest absolute Gasteiger partial charge is 0.328 e. The third-order valence-electron chi connectivity index (χ3n) is 4.47. The highest BCUT2D eigenvalue weighted by molar-refractivity contribution is 5.62. The van der Waals surface area contributed by atoms with Gasteiger partial charge in [-0.1, -0.05) is 64.0 Å². The van der Waals surface area contributed by atoms with E-state index in [0.717, 1.165) is 29.5 Å². The quantitative estimate of drug-likeness (QED) is 0.544. The van der Waals surface area contributed by atoms with E-state index in [4.69, 9.17) is 0 Å². The van der Waals surface area contributed by atoms with Crippen LogP contribution in [0.4, 0.5) is 4.39 Å². The fourth-order valence-electron chi connectivity index (χ4n) is 2.97. The summed E-state index contributed by atoms with van der Waals surface area (Å²) in [6.45, 7) is 2.23. The lowest BCUT2D eigenvalue weighted by Gasteiger charge is -2.07. The first-order valence-corrected chi connectivity index (χ1v) is 9.18. The standard InChI is InChI=1S/C21H28FNO/c1-2-3-4-5-6-7-8-9-10-17-11-12-18(15-20(17)22)19-13-14-21(24)23-16-19/h11-16H,2-10H2,1H3,(H,23,24). The summed E-state index contributed by atoms with van der Waals surface area (Å²) in [6.07, 6.45) is 12.5. The van der Waals surface area contributed by atoms with E-state index in [0.29, 0.717) is 0 Å². The van der Waals surface area contributed by atoms with E-state index >= 15 is 0 Å². The van der Waals surface area contributed by atoms with Crippen molar-refractivity contribution in [3.05, 3.63) is 58.3 Å². The first-order valence-electron chi connectivity index (χ1n) is 9.18. The Kier molecular flexibility index (Phi) is 7.73. The second kappa shape index (κ2) is 10.1. The number of aromatic nitrogens is 1. The fourth-order valence-corrected chi connectivity index (χ4v) is 2.97. The SMILES string of the molecule is CCCCCCCCCCc1ccc(-c2ccc(=O)[nH]c2)cc1F. The molecule has 3 heteroatoms. The molecule has 0 fully saturated rings. The van der Waals surface area contributed by atoms with Gasteiger partial charge in [0.15, 0.2) is 0 Å². The molecule has 0 saturated carbocycles. The van der Waals surface area contributed by atoms with E-state index in [2.05, 4.69) is 11.9 Å². The van der Waals surface area contributed by atoms with Crippen molar-refractivity contribution in [1.29, 1.82) is 0 Å². The molecule has 0 spiro atoms. The van der Waals surface area contributed by atoms with Crippen molar-refractivity contribution in [2.75, 3.05) is 0 Å². The molecule has 0 amide bonds. The Bertz CT molecular complexity index is 657. The zero-order valence-electron chi connectivity index (χ0n) is 14.6. The second-order valence-electron chi connectivity index (χ2n) is 6.47. The zero-order chi connectivity index (χ0) is 17.2. The molecule has 24 heavy (non-hydrogen) atoms. The summed E-state index contributed by atoms with van der Waals surface area (Å²) in [5.74, 6) is -0.151. The van der Waals surface area contributed by atoms with Gasteiger partial charge < -0.3 is 4.98 Å². The van der Waals surface area contributed by atoms with Crippen molar-refractivity contribution in [2.24, 2.45) is 0 Å². The summed E-state index contributed by atoms with van der Waals surface area (Å²) in [6, 6.07) is 8.54. The molecule has 2 aromatic rings. The van der Waals surface area contributed by atoms with Crippen LogP contribution in [0.15, 0.2) is 41.3 Å². The lowest BCUT2D eigenvalue weighted by Crippen LogP contribution is -2.01. The molecular formula is C21H28FNO. The van der Waals surface area contributed by atoms with Gasteiger partial charge in [0.05, 0.1) is 0 Å². The molecule has 0 radical (unpaired) electrons. The maximum Gasteiger partial charge on any atom is 0.247 e. The Balaban J connectivity index is 1.78. The van der Waals surface area contributed by atoms with E-state index < -0.39 is 0 Å². The van der Waals surface area contributed by atoms with Gasteiger partial charge >= 0.3 is 0 Å². The number of rotatable bonds is 10. The zero-order valence-corrected chi connectivity index (χ0v) is 14.6. The van der Waals surface area contributed by atoms with E-state index in [1.807, 2.05) is 12.1 Å². The number of nitrogens with one attached hydrogen (secondary N) is 1. The molecule has 1 heterocycles. The molecule has 0 bridgehead atoms. The first-order chi connectivity index (χ1) is 11.7. The summed E-state index contributed by atoms with van der Waals surface area (Å²) in [7, 11) is 0. The fraction of sp³-hybridized carbons (Fsp3) is 0.476. The monoisotopic (exact) mass is 329 g/mol. The van der Waals surface area contributed by atoms with Crippen LogP contribution in [0.5, 0.6) is 0 Å². The number of H-pyrrole nitrogens is 1. The van der Waals surface area contributed by atoms with Crippen molar-refractivity contribution >= 4 is 0 Å². The van der Waals surface area contributed by atoms with Gasteiger partial charge in [-0.15, -0.1) is 0 Å². The average molecular weight is 329 g/mol. The Labute approximate surface area is 144 Å². The van der Waals surface area contributed by atoms with Crippen LogP contribution in [0.3, 0.4) is 0 Å². The highest BCUT2D eigenvalue weighted by atomic mass is 19.1. The Morgan fingerprint density at radius 2 is 1.54 bits per heavy atom. The maximum atomic E-state index is 14.3. The van der Waals surface area contributed by atoms with Gasteiger partial charge in [-0.05, 0) is 41.7 Å². The van der Waals surface area contributed by atoms with Crippen molar-refractivity contribution < 1.29 is 4.39 Å². The molecule has 0 aliphatic carbocycles. The Morgan fingerprint density at radius 3 is 2.17 bits per heavy atom. The molecule has 0 aliphatic rings. The number of benzene rings is 1. The van der Waals surface area contributed by atoms with Crippen LogP contribution in [0.25, 0.3) is 11.1 Å². The number of hydrogen-bond acceptors (Lipinski definition) is 1. The van der Waals surface area contributed by atoms with Crippen LogP contribution in [0, 0.1) is 5.82 Å². The third kappa shape index (κ3) is 5.95. The number of halogens is 1. The molecule has 130 valence electrons. The predicted molar refractivity (Wildman–Crippen MR) is 98.8 cm³/mol. The first kappa shape index (κ1) is 18.4. The third-order valence-corrected chi connectivity index (χ3v) is 4.47. The molecule has 0 saturated heterocycles. The molecule has 0 atom stereocenters. The van der Waals surface area contributed by atoms with Gasteiger partial charge in [-0.3, -0.25) is 4.79 Å². The number of pyridine rings is 1. The van der Waals surface area contributed by atoms with Gasteiger partial charge in [0.1, 0.15) is 5.82 Å². The molecule has 0 aliphatic heterocycles. The summed E-state index contributed by atoms with van der Waals surface area (Å²) >= 11 is 0. The Hall–Kier alpha value is -1.90. The second-order valence-corrected chi connectivity index (χ2v) is 6.47. The minimum atomic E-state index is -0.151. The van der Waals surface area contributed by atoms with Crippen molar-refractivity contribution in [3.63, 3.8) is 0 Å². The van der Waals surface area contributed by atoms with Gasteiger partial charge in [-0.2, -0.15) is 0 Å². The smallest absolute Gasteiger partial charge is 0.247 e. The highest BCUT2D eigenvalue weighted by Gasteiger charge is 2.05. The average Bonchev–Trinajstić information content (AvgIpc) is 2.59. The van der Waals surface area contributed by atoms with Crippen molar-refractivity contribution in [2.45, 2.75) is 64.7 Å². The molecule has 1 aromatic heterocycles. The summed E-state index contributed by atoms with van der Waals surface area (Å²) in [5.41, 5.74) is 2.26. The number of unbranched alkanes of at least 4 members (excludes halogenated alkanes) is 7. The van der Waals surface area contributed by atoms with Crippen LogP contribution in [0.2, 0.25) is 0 Å². The van der Waals surface area contributed by atoms with Crippen molar-refractivity contribution in [1.82, 2.24) is 4.98 Å². The molecule has 0 unspecified atom stereocenters. The van der Waals surface area contributed by atoms with E-state index in [1.165, 1.54) is 51.0 Å². The van der Waals surface area contributed by atoms with E-state index in [1.54, 1.807) is 18.3 Å². The number of aryl methyl sites for hydroxylation is 1. The summed E-state index contributed by atoms with van der Waals surface area (Å²) in [5, 5.41) is 0. The Morgan fingerprint density at radius 1 is 0.875 bits per heavy atom. The molecular weight excluding hydrogens is 301 g/mol. The number of hydrogen-bond donors (Lipinski definition) is 1.